The number of para-hydroxylation sites is 1. The Labute approximate surface area is 223 Å². The van der Waals surface area contributed by atoms with E-state index < -0.39 is 0 Å². The van der Waals surface area contributed by atoms with Gasteiger partial charge in [-0.25, -0.2) is 0 Å². The number of amides is 2. The zero-order valence-electron chi connectivity index (χ0n) is 21.8. The number of nitrogens with zero attached hydrogens (tertiary/aromatic N) is 3. The van der Waals surface area contributed by atoms with Gasteiger partial charge in [0.1, 0.15) is 5.82 Å². The van der Waals surface area contributed by atoms with Crippen LogP contribution >= 0.6 is 0 Å². The molecule has 0 radical (unpaired) electrons. The monoisotopic (exact) mass is 508 g/mol. The molecular weight excluding hydrogens is 476 g/mol. The first-order chi connectivity index (χ1) is 18.5. The fourth-order valence-corrected chi connectivity index (χ4v) is 4.77. The molecule has 38 heavy (non-hydrogen) atoms. The van der Waals surface area contributed by atoms with Crippen molar-refractivity contribution in [2.24, 2.45) is 7.05 Å². The summed E-state index contributed by atoms with van der Waals surface area (Å²) in [6, 6.07) is 26.1. The van der Waals surface area contributed by atoms with Gasteiger partial charge in [-0.1, -0.05) is 66.2 Å². The van der Waals surface area contributed by atoms with Crippen molar-refractivity contribution in [3.8, 4) is 11.1 Å². The zero-order valence-corrected chi connectivity index (χ0v) is 21.8. The van der Waals surface area contributed by atoms with Crippen LogP contribution in [0.5, 0.6) is 0 Å². The van der Waals surface area contributed by atoms with E-state index in [1.54, 1.807) is 4.90 Å². The first-order valence-electron chi connectivity index (χ1n) is 12.8. The number of ether oxygens (including phenoxy) is 1. The number of carbonyl (C=O) groups is 2. The summed E-state index contributed by atoms with van der Waals surface area (Å²) in [5.74, 6) is 0.507. The van der Waals surface area contributed by atoms with Gasteiger partial charge in [0.2, 0.25) is 6.41 Å². The Kier molecular flexibility index (Phi) is 7.56. The van der Waals surface area contributed by atoms with Gasteiger partial charge in [0.15, 0.2) is 0 Å². The van der Waals surface area contributed by atoms with Crippen LogP contribution in [0.2, 0.25) is 0 Å². The highest BCUT2D eigenvalue weighted by atomic mass is 16.5. The Balaban J connectivity index is 1.29. The van der Waals surface area contributed by atoms with Gasteiger partial charge in [0.05, 0.1) is 31.0 Å². The molecule has 3 aromatic carbocycles. The van der Waals surface area contributed by atoms with Gasteiger partial charge >= 0.3 is 0 Å². The summed E-state index contributed by atoms with van der Waals surface area (Å²) in [4.78, 5) is 29.1. The second kappa shape index (κ2) is 11.4. The normalized spacial score (nSPS) is 13.3. The van der Waals surface area contributed by atoms with E-state index >= 15 is 0 Å². The quantitative estimate of drug-likeness (QED) is 0.330. The number of aryl methyl sites for hydroxylation is 2. The number of nitrogens with one attached hydrogen (secondary N) is 1. The van der Waals surface area contributed by atoms with Crippen LogP contribution in [0.3, 0.4) is 0 Å². The third-order valence-electron chi connectivity index (χ3n) is 6.85. The maximum atomic E-state index is 13.2. The van der Waals surface area contributed by atoms with Gasteiger partial charge in [-0.15, -0.1) is 0 Å². The minimum Gasteiger partial charge on any atom is -0.378 e. The second-order valence-electron chi connectivity index (χ2n) is 9.56. The van der Waals surface area contributed by atoms with E-state index in [4.69, 9.17) is 4.74 Å². The number of anilines is 3. The Morgan fingerprint density at radius 3 is 2.32 bits per heavy atom. The number of hydrogen-bond donors (Lipinski definition) is 1. The van der Waals surface area contributed by atoms with Crippen molar-refractivity contribution >= 4 is 29.5 Å². The number of hydrogen-bond acceptors (Lipinski definition) is 4. The van der Waals surface area contributed by atoms with E-state index in [1.165, 1.54) is 5.56 Å². The standard InChI is InChI=1S/C31H32N4O3/c1-23-7-11-25(12-8-23)26-13-9-24(10-14-26)20-35(22-36)30-19-27(21-33(30)2)32-31(37)28-5-3-4-6-29(28)34-15-17-38-18-16-34/h3-14,19,21-22H,15-18,20H2,1-2H3,(H,32,37). The van der Waals surface area contributed by atoms with E-state index in [2.05, 4.69) is 53.5 Å². The van der Waals surface area contributed by atoms with Gasteiger partial charge < -0.3 is 19.5 Å². The molecule has 1 aromatic heterocycles. The molecule has 0 bridgehead atoms. The summed E-state index contributed by atoms with van der Waals surface area (Å²) < 4.78 is 7.31. The lowest BCUT2D eigenvalue weighted by atomic mass is 10.0. The second-order valence-corrected chi connectivity index (χ2v) is 9.56. The third kappa shape index (κ3) is 5.63. The van der Waals surface area contributed by atoms with Crippen molar-refractivity contribution in [1.82, 2.24) is 4.57 Å². The topological polar surface area (TPSA) is 66.8 Å². The summed E-state index contributed by atoms with van der Waals surface area (Å²) in [6.07, 6.45) is 2.64. The highest BCUT2D eigenvalue weighted by Gasteiger charge is 2.20. The lowest BCUT2D eigenvalue weighted by Gasteiger charge is -2.30. The minimum absolute atomic E-state index is 0.186. The maximum absolute atomic E-state index is 13.2. The molecule has 0 unspecified atom stereocenters. The smallest absolute Gasteiger partial charge is 0.257 e. The predicted molar refractivity (Wildman–Crippen MR) is 152 cm³/mol. The van der Waals surface area contributed by atoms with Crippen LogP contribution in [0.1, 0.15) is 21.5 Å². The lowest BCUT2D eigenvalue weighted by molar-refractivity contribution is -0.107. The van der Waals surface area contributed by atoms with Gasteiger partial charge in [0, 0.05) is 38.1 Å². The summed E-state index contributed by atoms with van der Waals surface area (Å²) in [5.41, 5.74) is 6.67. The van der Waals surface area contributed by atoms with Crippen LogP contribution in [-0.4, -0.2) is 43.2 Å². The van der Waals surface area contributed by atoms with E-state index in [0.29, 0.717) is 36.8 Å². The maximum Gasteiger partial charge on any atom is 0.257 e. The fourth-order valence-electron chi connectivity index (χ4n) is 4.77. The Hall–Kier alpha value is -4.36. The number of aromatic nitrogens is 1. The molecule has 1 saturated heterocycles. The summed E-state index contributed by atoms with van der Waals surface area (Å²) in [6.45, 7) is 5.29. The van der Waals surface area contributed by atoms with Crippen molar-refractivity contribution in [2.45, 2.75) is 13.5 Å². The van der Waals surface area contributed by atoms with Gasteiger partial charge in [0.25, 0.3) is 5.91 Å². The highest BCUT2D eigenvalue weighted by molar-refractivity contribution is 6.08. The average Bonchev–Trinajstić information content (AvgIpc) is 3.32. The Bertz CT molecular complexity index is 1400. The molecule has 0 atom stereocenters. The van der Waals surface area contributed by atoms with Crippen molar-refractivity contribution in [1.29, 1.82) is 0 Å². The minimum atomic E-state index is -0.186. The van der Waals surface area contributed by atoms with Crippen molar-refractivity contribution in [3.05, 3.63) is 102 Å². The first kappa shape index (κ1) is 25.3. The number of rotatable bonds is 8. The van der Waals surface area contributed by atoms with Crippen LogP contribution in [0.15, 0.2) is 85.1 Å². The molecule has 0 aliphatic carbocycles. The van der Waals surface area contributed by atoms with Gasteiger partial charge in [-0.2, -0.15) is 0 Å². The van der Waals surface area contributed by atoms with Crippen LogP contribution < -0.4 is 15.1 Å². The summed E-state index contributed by atoms with van der Waals surface area (Å²) in [7, 11) is 1.86. The van der Waals surface area contributed by atoms with Gasteiger partial charge in [-0.3, -0.25) is 14.5 Å². The molecule has 2 heterocycles. The lowest BCUT2D eigenvalue weighted by Crippen LogP contribution is -2.37. The number of morpholine rings is 1. The first-order valence-corrected chi connectivity index (χ1v) is 12.8. The predicted octanol–water partition coefficient (Wildman–Crippen LogP) is 5.25. The third-order valence-corrected chi connectivity index (χ3v) is 6.85. The molecule has 194 valence electrons. The fraction of sp³-hybridized carbons (Fsp3) is 0.226. The number of benzene rings is 3. The molecular formula is C31H32N4O3. The van der Waals surface area contributed by atoms with Crippen molar-refractivity contribution in [2.75, 3.05) is 41.4 Å². The molecule has 1 aliphatic rings. The Morgan fingerprint density at radius 2 is 1.63 bits per heavy atom. The van der Waals surface area contributed by atoms with Crippen molar-refractivity contribution < 1.29 is 14.3 Å². The molecule has 7 nitrogen and oxygen atoms in total. The molecule has 1 fully saturated rings. The number of carbonyl (C=O) groups excluding carboxylic acids is 2. The highest BCUT2D eigenvalue weighted by Crippen LogP contribution is 2.27. The van der Waals surface area contributed by atoms with E-state index in [0.717, 1.165) is 41.9 Å². The van der Waals surface area contributed by atoms with E-state index in [-0.39, 0.29) is 5.91 Å². The molecule has 2 amide bonds. The molecule has 0 saturated carbocycles. The SMILES string of the molecule is Cc1ccc(-c2ccc(CN(C=O)c3cc(NC(=O)c4ccccc4N4CCOCC4)cn3C)cc2)cc1. The van der Waals surface area contributed by atoms with Crippen LogP contribution in [0.4, 0.5) is 17.2 Å². The average molecular weight is 509 g/mol. The zero-order chi connectivity index (χ0) is 26.5. The molecule has 1 aliphatic heterocycles. The molecule has 7 heteroatoms. The van der Waals surface area contributed by atoms with Crippen LogP contribution in [0.25, 0.3) is 11.1 Å². The largest absolute Gasteiger partial charge is 0.378 e. The molecule has 4 aromatic rings. The summed E-state index contributed by atoms with van der Waals surface area (Å²) >= 11 is 0. The van der Waals surface area contributed by atoms with Gasteiger partial charge in [-0.05, 0) is 35.7 Å². The van der Waals surface area contributed by atoms with Crippen LogP contribution in [0, 0.1) is 6.92 Å². The summed E-state index contributed by atoms with van der Waals surface area (Å²) in [5, 5.41) is 3.01. The Morgan fingerprint density at radius 1 is 0.974 bits per heavy atom. The molecule has 5 rings (SSSR count). The van der Waals surface area contributed by atoms with E-state index in [9.17, 15) is 9.59 Å². The molecule has 1 N–H and O–H groups in total. The molecule has 0 spiro atoms. The van der Waals surface area contributed by atoms with Crippen LogP contribution in [-0.2, 0) is 23.1 Å². The van der Waals surface area contributed by atoms with Crippen molar-refractivity contribution in [3.63, 3.8) is 0 Å². The van der Waals surface area contributed by atoms with E-state index in [1.807, 2.05) is 60.3 Å².